The molecule has 2 nitrogen and oxygen atoms in total. The van der Waals surface area contributed by atoms with E-state index in [1.54, 1.807) is 18.2 Å². The maximum absolute atomic E-state index is 12.4. The predicted molar refractivity (Wildman–Crippen MR) is 82.4 cm³/mol. The molecule has 0 aliphatic carbocycles. The summed E-state index contributed by atoms with van der Waals surface area (Å²) < 4.78 is 0. The van der Waals surface area contributed by atoms with Gasteiger partial charge in [-0.15, -0.1) is 0 Å². The fourth-order valence-corrected chi connectivity index (χ4v) is 2.42. The molecular weight excluding hydrogens is 281 g/mol. The SMILES string of the molecule is CCCCCN(C)C(C)C(=O)c1ccc(Cl)cc1Cl. The van der Waals surface area contributed by atoms with Crippen molar-refractivity contribution in [2.24, 2.45) is 0 Å². The lowest BCUT2D eigenvalue weighted by Gasteiger charge is -2.23. The van der Waals surface area contributed by atoms with Gasteiger partial charge in [-0.1, -0.05) is 43.0 Å². The van der Waals surface area contributed by atoms with E-state index < -0.39 is 0 Å². The fourth-order valence-electron chi connectivity index (χ4n) is 1.92. The van der Waals surface area contributed by atoms with Crippen LogP contribution in [0.25, 0.3) is 0 Å². The van der Waals surface area contributed by atoms with Gasteiger partial charge in [0, 0.05) is 10.6 Å². The second kappa shape index (κ2) is 7.88. The predicted octanol–water partition coefficient (Wildman–Crippen LogP) is 4.69. The van der Waals surface area contributed by atoms with Crippen LogP contribution in [0, 0.1) is 0 Å². The number of ketones is 1. The van der Waals surface area contributed by atoms with Gasteiger partial charge >= 0.3 is 0 Å². The number of carbonyl (C=O) groups excluding carboxylic acids is 1. The molecule has 0 aliphatic rings. The zero-order valence-corrected chi connectivity index (χ0v) is 13.3. The molecule has 0 saturated carbocycles. The molecule has 0 fully saturated rings. The van der Waals surface area contributed by atoms with Crippen molar-refractivity contribution < 1.29 is 4.79 Å². The van der Waals surface area contributed by atoms with Crippen LogP contribution in [-0.2, 0) is 0 Å². The van der Waals surface area contributed by atoms with Crippen molar-refractivity contribution in [2.45, 2.75) is 39.2 Å². The van der Waals surface area contributed by atoms with Crippen molar-refractivity contribution in [3.8, 4) is 0 Å². The van der Waals surface area contributed by atoms with E-state index in [0.29, 0.717) is 15.6 Å². The van der Waals surface area contributed by atoms with Gasteiger partial charge in [0.25, 0.3) is 0 Å². The van der Waals surface area contributed by atoms with Gasteiger partial charge in [0.05, 0.1) is 11.1 Å². The molecule has 0 bridgehead atoms. The highest BCUT2D eigenvalue weighted by Crippen LogP contribution is 2.23. The number of halogens is 2. The Balaban J connectivity index is 2.70. The third-order valence-electron chi connectivity index (χ3n) is 3.35. The van der Waals surface area contributed by atoms with Gasteiger partial charge in [0.1, 0.15) is 0 Å². The lowest BCUT2D eigenvalue weighted by atomic mass is 10.0. The lowest BCUT2D eigenvalue weighted by Crippen LogP contribution is -2.36. The molecule has 0 amide bonds. The molecule has 1 aromatic rings. The number of nitrogens with zero attached hydrogens (tertiary/aromatic N) is 1. The lowest BCUT2D eigenvalue weighted by molar-refractivity contribution is 0.0867. The summed E-state index contributed by atoms with van der Waals surface area (Å²) in [7, 11) is 1.97. The highest BCUT2D eigenvalue weighted by molar-refractivity contribution is 6.37. The van der Waals surface area contributed by atoms with Gasteiger partial charge in [-0.25, -0.2) is 0 Å². The number of Topliss-reactive ketones (excluding diaryl/α,β-unsaturated/α-hetero) is 1. The van der Waals surface area contributed by atoms with Crippen LogP contribution in [0.1, 0.15) is 43.5 Å². The van der Waals surface area contributed by atoms with E-state index in [1.165, 1.54) is 12.8 Å². The van der Waals surface area contributed by atoms with Crippen molar-refractivity contribution in [3.05, 3.63) is 33.8 Å². The maximum atomic E-state index is 12.4. The average molecular weight is 302 g/mol. The normalized spacial score (nSPS) is 12.7. The molecule has 19 heavy (non-hydrogen) atoms. The first-order valence-electron chi connectivity index (χ1n) is 6.66. The Morgan fingerprint density at radius 1 is 1.32 bits per heavy atom. The van der Waals surface area contributed by atoms with Gasteiger partial charge in [-0.2, -0.15) is 0 Å². The largest absolute Gasteiger partial charge is 0.297 e. The van der Waals surface area contributed by atoms with Crippen LogP contribution in [0.4, 0.5) is 0 Å². The topological polar surface area (TPSA) is 20.3 Å². The van der Waals surface area contributed by atoms with Crippen LogP contribution in [0.5, 0.6) is 0 Å². The molecule has 1 aromatic carbocycles. The van der Waals surface area contributed by atoms with Gasteiger partial charge in [0.15, 0.2) is 5.78 Å². The molecule has 0 spiro atoms. The molecular formula is C15H21Cl2NO. The summed E-state index contributed by atoms with van der Waals surface area (Å²) in [5.41, 5.74) is 0.543. The van der Waals surface area contributed by atoms with Crippen LogP contribution in [-0.4, -0.2) is 30.3 Å². The van der Waals surface area contributed by atoms with Crippen molar-refractivity contribution in [3.63, 3.8) is 0 Å². The van der Waals surface area contributed by atoms with Gasteiger partial charge in [0.2, 0.25) is 0 Å². The molecule has 106 valence electrons. The summed E-state index contributed by atoms with van der Waals surface area (Å²) in [6.45, 7) is 5.01. The average Bonchev–Trinajstić information content (AvgIpc) is 2.37. The van der Waals surface area contributed by atoms with E-state index in [9.17, 15) is 4.79 Å². The van der Waals surface area contributed by atoms with E-state index in [-0.39, 0.29) is 11.8 Å². The first-order valence-corrected chi connectivity index (χ1v) is 7.42. The van der Waals surface area contributed by atoms with Crippen LogP contribution in [0.3, 0.4) is 0 Å². The molecule has 1 atom stereocenters. The summed E-state index contributed by atoms with van der Waals surface area (Å²) in [5.74, 6) is 0.0423. The van der Waals surface area contributed by atoms with Crippen molar-refractivity contribution >= 4 is 29.0 Å². The molecule has 0 aromatic heterocycles. The Morgan fingerprint density at radius 3 is 2.58 bits per heavy atom. The molecule has 0 aliphatic heterocycles. The van der Waals surface area contributed by atoms with Crippen molar-refractivity contribution in [2.75, 3.05) is 13.6 Å². The van der Waals surface area contributed by atoms with Crippen LogP contribution < -0.4 is 0 Å². The molecule has 0 saturated heterocycles. The summed E-state index contributed by atoms with van der Waals surface area (Å²) >= 11 is 11.9. The van der Waals surface area contributed by atoms with E-state index >= 15 is 0 Å². The number of benzene rings is 1. The quantitative estimate of drug-likeness (QED) is 0.538. The van der Waals surface area contributed by atoms with E-state index in [0.717, 1.165) is 13.0 Å². The fraction of sp³-hybridized carbons (Fsp3) is 0.533. The third kappa shape index (κ3) is 4.79. The van der Waals surface area contributed by atoms with Gasteiger partial charge in [-0.3, -0.25) is 9.69 Å². The summed E-state index contributed by atoms with van der Waals surface area (Å²) in [5, 5.41) is 0.969. The van der Waals surface area contributed by atoms with E-state index in [4.69, 9.17) is 23.2 Å². The van der Waals surface area contributed by atoms with E-state index in [1.807, 2.05) is 14.0 Å². The van der Waals surface area contributed by atoms with E-state index in [2.05, 4.69) is 11.8 Å². The minimum absolute atomic E-state index is 0.0423. The highest BCUT2D eigenvalue weighted by atomic mass is 35.5. The summed E-state index contributed by atoms with van der Waals surface area (Å²) in [6, 6.07) is 4.84. The molecule has 0 radical (unpaired) electrons. The Morgan fingerprint density at radius 2 is 2.00 bits per heavy atom. The standard InChI is InChI=1S/C15H21Cl2NO/c1-4-5-6-9-18(3)11(2)15(19)13-8-7-12(16)10-14(13)17/h7-8,10-11H,4-6,9H2,1-3H3. The third-order valence-corrected chi connectivity index (χ3v) is 3.90. The Bertz CT molecular complexity index is 434. The Hall–Kier alpha value is -0.570. The molecule has 0 N–H and O–H groups in total. The van der Waals surface area contributed by atoms with Crippen molar-refractivity contribution in [1.29, 1.82) is 0 Å². The molecule has 0 heterocycles. The summed E-state index contributed by atoms with van der Waals surface area (Å²) in [4.78, 5) is 14.5. The van der Waals surface area contributed by atoms with Gasteiger partial charge in [-0.05, 0) is 45.1 Å². The smallest absolute Gasteiger partial charge is 0.181 e. The number of hydrogen-bond acceptors (Lipinski definition) is 2. The Kier molecular flexibility index (Phi) is 6.84. The number of unbranched alkanes of at least 4 members (excludes halogenated alkanes) is 2. The van der Waals surface area contributed by atoms with Crippen LogP contribution in [0.2, 0.25) is 10.0 Å². The van der Waals surface area contributed by atoms with Gasteiger partial charge < -0.3 is 0 Å². The molecule has 1 unspecified atom stereocenters. The second-order valence-electron chi connectivity index (χ2n) is 4.85. The monoisotopic (exact) mass is 301 g/mol. The van der Waals surface area contributed by atoms with Crippen molar-refractivity contribution in [1.82, 2.24) is 4.90 Å². The first-order chi connectivity index (χ1) is 8.97. The number of rotatable bonds is 7. The number of hydrogen-bond donors (Lipinski definition) is 0. The minimum Gasteiger partial charge on any atom is -0.297 e. The van der Waals surface area contributed by atoms with Crippen LogP contribution in [0.15, 0.2) is 18.2 Å². The summed E-state index contributed by atoms with van der Waals surface area (Å²) in [6.07, 6.45) is 3.48. The number of carbonyl (C=O) groups is 1. The zero-order valence-electron chi connectivity index (χ0n) is 11.7. The Labute approximate surface area is 125 Å². The minimum atomic E-state index is -0.171. The molecule has 1 rings (SSSR count). The molecule has 4 heteroatoms. The maximum Gasteiger partial charge on any atom is 0.181 e. The highest BCUT2D eigenvalue weighted by Gasteiger charge is 2.21. The van der Waals surface area contributed by atoms with Crippen LogP contribution >= 0.6 is 23.2 Å². The zero-order chi connectivity index (χ0) is 14.4. The first kappa shape index (κ1) is 16.5. The second-order valence-corrected chi connectivity index (χ2v) is 5.70. The number of likely N-dealkylation sites (N-methyl/N-ethyl adjacent to an activating group) is 1.